The number of rotatable bonds is 5. The molecular formula is C19H18N2O2. The van der Waals surface area contributed by atoms with Gasteiger partial charge in [-0.1, -0.05) is 30.3 Å². The predicted octanol–water partition coefficient (Wildman–Crippen LogP) is 3.31. The van der Waals surface area contributed by atoms with Crippen molar-refractivity contribution < 1.29 is 9.53 Å². The van der Waals surface area contributed by atoms with E-state index in [0.29, 0.717) is 18.7 Å². The number of carbonyl (C=O) groups excluding carboxylic acids is 1. The van der Waals surface area contributed by atoms with Crippen LogP contribution in [0.4, 0.5) is 0 Å². The van der Waals surface area contributed by atoms with E-state index in [4.69, 9.17) is 4.74 Å². The molecule has 1 heterocycles. The smallest absolute Gasteiger partial charge is 0.251 e. The van der Waals surface area contributed by atoms with Crippen LogP contribution in [0.1, 0.15) is 21.5 Å². The van der Waals surface area contributed by atoms with E-state index < -0.39 is 0 Å². The Balaban J connectivity index is 1.65. The second-order valence-corrected chi connectivity index (χ2v) is 5.34. The van der Waals surface area contributed by atoms with Crippen LogP contribution in [0.15, 0.2) is 60.8 Å². The van der Waals surface area contributed by atoms with Gasteiger partial charge in [0.25, 0.3) is 5.91 Å². The molecule has 23 heavy (non-hydrogen) atoms. The van der Waals surface area contributed by atoms with Crippen molar-refractivity contribution in [3.63, 3.8) is 0 Å². The van der Waals surface area contributed by atoms with E-state index in [1.165, 1.54) is 0 Å². The van der Waals surface area contributed by atoms with Gasteiger partial charge in [0, 0.05) is 30.8 Å². The van der Waals surface area contributed by atoms with Crippen molar-refractivity contribution in [2.45, 2.75) is 13.2 Å². The van der Waals surface area contributed by atoms with Gasteiger partial charge in [-0.15, -0.1) is 0 Å². The van der Waals surface area contributed by atoms with Crippen LogP contribution in [0.25, 0.3) is 10.9 Å². The first-order valence-corrected chi connectivity index (χ1v) is 7.46. The van der Waals surface area contributed by atoms with Crippen molar-refractivity contribution in [1.82, 2.24) is 10.3 Å². The molecule has 0 aliphatic heterocycles. The van der Waals surface area contributed by atoms with Crippen LogP contribution in [-0.4, -0.2) is 18.0 Å². The minimum Gasteiger partial charge on any atom is -0.380 e. The highest BCUT2D eigenvalue weighted by molar-refractivity contribution is 5.97. The zero-order valence-electron chi connectivity index (χ0n) is 13.0. The minimum absolute atomic E-state index is 0.0864. The molecule has 2 aromatic carbocycles. The molecule has 1 amide bonds. The molecule has 0 aliphatic carbocycles. The van der Waals surface area contributed by atoms with Crippen molar-refractivity contribution in [3.05, 3.63) is 77.5 Å². The zero-order valence-corrected chi connectivity index (χ0v) is 13.0. The summed E-state index contributed by atoms with van der Waals surface area (Å²) in [5.74, 6) is -0.0864. The number of nitrogens with zero attached hydrogens (tertiary/aromatic N) is 1. The molecule has 116 valence electrons. The van der Waals surface area contributed by atoms with E-state index in [1.807, 2.05) is 48.5 Å². The summed E-state index contributed by atoms with van der Waals surface area (Å²) < 4.78 is 5.08. The SMILES string of the molecule is COCc1ccc(CNC(=O)c2ccc3ncccc3c2)cc1. The molecule has 0 fully saturated rings. The van der Waals surface area contributed by atoms with Crippen molar-refractivity contribution >= 4 is 16.8 Å². The van der Waals surface area contributed by atoms with Gasteiger partial charge in [-0.3, -0.25) is 9.78 Å². The number of benzene rings is 2. The number of hydrogen-bond acceptors (Lipinski definition) is 3. The second-order valence-electron chi connectivity index (χ2n) is 5.34. The third kappa shape index (κ3) is 3.73. The summed E-state index contributed by atoms with van der Waals surface area (Å²) in [4.78, 5) is 16.5. The fraction of sp³-hybridized carbons (Fsp3) is 0.158. The summed E-state index contributed by atoms with van der Waals surface area (Å²) in [6, 6.07) is 17.4. The van der Waals surface area contributed by atoms with Gasteiger partial charge >= 0.3 is 0 Å². The van der Waals surface area contributed by atoms with Gasteiger partial charge < -0.3 is 10.1 Å². The lowest BCUT2D eigenvalue weighted by molar-refractivity contribution is 0.0951. The van der Waals surface area contributed by atoms with Gasteiger partial charge in [0.05, 0.1) is 12.1 Å². The lowest BCUT2D eigenvalue weighted by atomic mass is 10.1. The van der Waals surface area contributed by atoms with Gasteiger partial charge in [-0.05, 0) is 35.4 Å². The molecule has 0 bridgehead atoms. The van der Waals surface area contributed by atoms with Crippen LogP contribution in [0.5, 0.6) is 0 Å². The van der Waals surface area contributed by atoms with E-state index >= 15 is 0 Å². The number of methoxy groups -OCH3 is 1. The average Bonchev–Trinajstić information content (AvgIpc) is 2.60. The first-order valence-electron chi connectivity index (χ1n) is 7.46. The fourth-order valence-corrected chi connectivity index (χ4v) is 2.42. The van der Waals surface area contributed by atoms with Crippen LogP contribution < -0.4 is 5.32 Å². The van der Waals surface area contributed by atoms with Crippen LogP contribution in [0, 0.1) is 0 Å². The topological polar surface area (TPSA) is 51.2 Å². The Hall–Kier alpha value is -2.72. The monoisotopic (exact) mass is 306 g/mol. The fourth-order valence-electron chi connectivity index (χ4n) is 2.42. The lowest BCUT2D eigenvalue weighted by Gasteiger charge is -2.07. The van der Waals surface area contributed by atoms with Crippen LogP contribution >= 0.6 is 0 Å². The summed E-state index contributed by atoms with van der Waals surface area (Å²) in [6.45, 7) is 1.09. The first-order chi connectivity index (χ1) is 11.3. The van der Waals surface area contributed by atoms with Crippen molar-refractivity contribution in [2.24, 2.45) is 0 Å². The number of carbonyl (C=O) groups is 1. The van der Waals surface area contributed by atoms with Gasteiger partial charge in [0.2, 0.25) is 0 Å². The molecule has 1 N–H and O–H groups in total. The molecule has 0 atom stereocenters. The second kappa shape index (κ2) is 7.03. The molecule has 3 aromatic rings. The molecule has 0 spiro atoms. The largest absolute Gasteiger partial charge is 0.380 e. The van der Waals surface area contributed by atoms with E-state index in [9.17, 15) is 4.79 Å². The predicted molar refractivity (Wildman–Crippen MR) is 90.1 cm³/mol. The number of fused-ring (bicyclic) bond motifs is 1. The molecule has 0 radical (unpaired) electrons. The van der Waals surface area contributed by atoms with E-state index in [-0.39, 0.29) is 5.91 Å². The standard InChI is InChI=1S/C19H18N2O2/c1-23-13-15-6-4-14(5-7-15)12-21-19(22)17-8-9-18-16(11-17)3-2-10-20-18/h2-11H,12-13H2,1H3,(H,21,22). The molecule has 0 saturated carbocycles. The molecule has 3 rings (SSSR count). The Labute approximate surface area is 135 Å². The molecule has 4 nitrogen and oxygen atoms in total. The maximum Gasteiger partial charge on any atom is 0.251 e. The maximum atomic E-state index is 12.3. The lowest BCUT2D eigenvalue weighted by Crippen LogP contribution is -2.22. The summed E-state index contributed by atoms with van der Waals surface area (Å²) in [7, 11) is 1.67. The van der Waals surface area contributed by atoms with Gasteiger partial charge in [0.1, 0.15) is 0 Å². The third-order valence-electron chi connectivity index (χ3n) is 3.65. The highest BCUT2D eigenvalue weighted by atomic mass is 16.5. The average molecular weight is 306 g/mol. The van der Waals surface area contributed by atoms with Gasteiger partial charge in [0.15, 0.2) is 0 Å². The molecule has 1 aromatic heterocycles. The Morgan fingerprint density at radius 3 is 2.65 bits per heavy atom. The summed E-state index contributed by atoms with van der Waals surface area (Å²) in [5, 5.41) is 3.90. The molecular weight excluding hydrogens is 288 g/mol. The van der Waals surface area contributed by atoms with E-state index in [0.717, 1.165) is 22.0 Å². The Morgan fingerprint density at radius 2 is 1.87 bits per heavy atom. The molecule has 0 saturated heterocycles. The highest BCUT2D eigenvalue weighted by Gasteiger charge is 2.06. The number of aromatic nitrogens is 1. The van der Waals surface area contributed by atoms with Crippen molar-refractivity contribution in [1.29, 1.82) is 0 Å². The number of amides is 1. The normalized spacial score (nSPS) is 10.7. The summed E-state index contributed by atoms with van der Waals surface area (Å²) in [5.41, 5.74) is 3.70. The summed E-state index contributed by atoms with van der Waals surface area (Å²) in [6.07, 6.45) is 1.75. The quantitative estimate of drug-likeness (QED) is 0.787. The maximum absolute atomic E-state index is 12.3. The van der Waals surface area contributed by atoms with E-state index in [2.05, 4.69) is 10.3 Å². The Morgan fingerprint density at radius 1 is 1.09 bits per heavy atom. The highest BCUT2D eigenvalue weighted by Crippen LogP contribution is 2.13. The minimum atomic E-state index is -0.0864. The first kappa shape index (κ1) is 15.2. The number of ether oxygens (including phenoxy) is 1. The molecule has 0 aliphatic rings. The third-order valence-corrected chi connectivity index (χ3v) is 3.65. The number of hydrogen-bond donors (Lipinski definition) is 1. The van der Waals surface area contributed by atoms with Gasteiger partial charge in [-0.25, -0.2) is 0 Å². The number of pyridine rings is 1. The number of nitrogens with one attached hydrogen (secondary N) is 1. The molecule has 4 heteroatoms. The summed E-state index contributed by atoms with van der Waals surface area (Å²) >= 11 is 0. The van der Waals surface area contributed by atoms with Crippen LogP contribution in [0.2, 0.25) is 0 Å². The Kier molecular flexibility index (Phi) is 4.64. The van der Waals surface area contributed by atoms with Crippen molar-refractivity contribution in [2.75, 3.05) is 7.11 Å². The van der Waals surface area contributed by atoms with Crippen molar-refractivity contribution in [3.8, 4) is 0 Å². The van der Waals surface area contributed by atoms with Crippen LogP contribution in [-0.2, 0) is 17.9 Å². The zero-order chi connectivity index (χ0) is 16.1. The Bertz CT molecular complexity index is 813. The van der Waals surface area contributed by atoms with E-state index in [1.54, 1.807) is 19.4 Å². The molecule has 0 unspecified atom stereocenters. The van der Waals surface area contributed by atoms with Crippen LogP contribution in [0.3, 0.4) is 0 Å². The van der Waals surface area contributed by atoms with Gasteiger partial charge in [-0.2, -0.15) is 0 Å².